The van der Waals surface area contributed by atoms with Gasteiger partial charge in [0.2, 0.25) is 0 Å². The van der Waals surface area contributed by atoms with Crippen molar-refractivity contribution in [3.8, 4) is 11.5 Å². The summed E-state index contributed by atoms with van der Waals surface area (Å²) >= 11 is 1.78. The SMILES string of the molecule is C.C.CC.CCC.CCc1cc(C)c(O)c(C)c1.COC(=O)C(C)c1cc(C)c(O)c(C)c1.Cc1cccs1. The molecular formula is C34H58O4S. The smallest absolute Gasteiger partial charge is 0.312 e. The lowest BCUT2D eigenvalue weighted by Gasteiger charge is -2.12. The number of rotatable bonds is 3. The Balaban J connectivity index is -0.000000224. The molecule has 39 heavy (non-hydrogen) atoms. The van der Waals surface area contributed by atoms with Gasteiger partial charge in [0.25, 0.3) is 0 Å². The molecule has 3 aromatic rings. The molecule has 0 saturated carbocycles. The number of carbonyl (C=O) groups excluding carboxylic acids is 1. The summed E-state index contributed by atoms with van der Waals surface area (Å²) in [5.41, 5.74) is 5.66. The number of carbonyl (C=O) groups is 1. The van der Waals surface area contributed by atoms with Gasteiger partial charge in [-0.15, -0.1) is 11.3 Å². The molecule has 1 atom stereocenters. The van der Waals surface area contributed by atoms with Gasteiger partial charge in [-0.2, -0.15) is 0 Å². The lowest BCUT2D eigenvalue weighted by atomic mass is 9.96. The van der Waals surface area contributed by atoms with Crippen LogP contribution in [0.5, 0.6) is 11.5 Å². The van der Waals surface area contributed by atoms with Crippen molar-refractivity contribution in [2.24, 2.45) is 0 Å². The highest BCUT2D eigenvalue weighted by molar-refractivity contribution is 7.09. The number of thiophene rings is 1. The van der Waals surface area contributed by atoms with E-state index in [1.165, 1.54) is 24.0 Å². The fourth-order valence-corrected chi connectivity index (χ4v) is 3.69. The Bertz CT molecular complexity index is 978. The van der Waals surface area contributed by atoms with Gasteiger partial charge in [0.15, 0.2) is 0 Å². The fraction of sp³-hybridized carbons (Fsp3) is 0.500. The van der Waals surface area contributed by atoms with E-state index in [9.17, 15) is 15.0 Å². The Morgan fingerprint density at radius 3 is 1.49 bits per heavy atom. The van der Waals surface area contributed by atoms with Gasteiger partial charge < -0.3 is 14.9 Å². The van der Waals surface area contributed by atoms with Gasteiger partial charge in [0.1, 0.15) is 11.5 Å². The topological polar surface area (TPSA) is 66.8 Å². The number of hydrogen-bond donors (Lipinski definition) is 2. The van der Waals surface area contributed by atoms with Crippen LogP contribution < -0.4 is 0 Å². The number of aromatic hydroxyl groups is 2. The molecule has 4 nitrogen and oxygen atoms in total. The Labute approximate surface area is 245 Å². The maximum absolute atomic E-state index is 11.3. The molecule has 0 aliphatic rings. The molecule has 3 rings (SSSR count). The van der Waals surface area contributed by atoms with Gasteiger partial charge in [0.05, 0.1) is 13.0 Å². The van der Waals surface area contributed by atoms with Crippen molar-refractivity contribution in [1.29, 1.82) is 0 Å². The van der Waals surface area contributed by atoms with Crippen molar-refractivity contribution in [2.75, 3.05) is 7.11 Å². The van der Waals surface area contributed by atoms with Crippen molar-refractivity contribution in [2.45, 2.75) is 110 Å². The van der Waals surface area contributed by atoms with Crippen molar-refractivity contribution in [3.63, 3.8) is 0 Å². The highest BCUT2D eigenvalue weighted by Gasteiger charge is 2.17. The maximum Gasteiger partial charge on any atom is 0.312 e. The number of methoxy groups -OCH3 is 1. The molecule has 1 heterocycles. The number of phenolic OH excluding ortho intramolecular Hbond substituents is 2. The van der Waals surface area contributed by atoms with E-state index >= 15 is 0 Å². The van der Waals surface area contributed by atoms with E-state index in [2.05, 4.69) is 49.9 Å². The third-order valence-corrected chi connectivity index (χ3v) is 5.99. The normalized spacial score (nSPS) is 9.54. The van der Waals surface area contributed by atoms with Crippen molar-refractivity contribution < 1.29 is 19.7 Å². The average Bonchev–Trinajstić information content (AvgIpc) is 3.37. The van der Waals surface area contributed by atoms with Gasteiger partial charge in [-0.3, -0.25) is 4.79 Å². The first-order valence-electron chi connectivity index (χ1n) is 13.1. The molecular weight excluding hydrogens is 504 g/mol. The van der Waals surface area contributed by atoms with Crippen LogP contribution in [0.3, 0.4) is 0 Å². The summed E-state index contributed by atoms with van der Waals surface area (Å²) in [6.07, 6.45) is 2.28. The van der Waals surface area contributed by atoms with Crippen molar-refractivity contribution in [3.05, 3.63) is 80.0 Å². The summed E-state index contributed by atoms with van der Waals surface area (Å²) < 4.78 is 4.67. The van der Waals surface area contributed by atoms with E-state index in [1.807, 2.05) is 65.8 Å². The van der Waals surface area contributed by atoms with Crippen LogP contribution in [-0.2, 0) is 16.0 Å². The second kappa shape index (κ2) is 24.3. The maximum atomic E-state index is 11.3. The van der Waals surface area contributed by atoms with Gasteiger partial charge >= 0.3 is 5.97 Å². The molecule has 2 N–H and O–H groups in total. The van der Waals surface area contributed by atoms with E-state index in [1.54, 1.807) is 18.3 Å². The summed E-state index contributed by atoms with van der Waals surface area (Å²) in [5.74, 6) is 0.158. The zero-order valence-electron chi connectivity index (χ0n) is 25.2. The van der Waals surface area contributed by atoms with E-state index in [0.717, 1.165) is 34.2 Å². The molecule has 1 unspecified atom stereocenters. The third-order valence-electron chi connectivity index (χ3n) is 5.19. The van der Waals surface area contributed by atoms with Gasteiger partial charge in [-0.05, 0) is 92.8 Å². The number of phenols is 2. The molecule has 0 aliphatic carbocycles. The summed E-state index contributed by atoms with van der Waals surface area (Å²) in [4.78, 5) is 12.7. The molecule has 0 saturated heterocycles. The van der Waals surface area contributed by atoms with Crippen LogP contribution in [0.1, 0.15) is 107 Å². The highest BCUT2D eigenvalue weighted by Crippen LogP contribution is 2.27. The first-order chi connectivity index (χ1) is 17.4. The van der Waals surface area contributed by atoms with Crippen LogP contribution in [0.15, 0.2) is 41.8 Å². The number of ether oxygens (including phenoxy) is 1. The predicted octanol–water partition coefficient (Wildman–Crippen LogP) is 10.6. The molecule has 0 amide bonds. The van der Waals surface area contributed by atoms with Crippen LogP contribution in [-0.4, -0.2) is 23.3 Å². The van der Waals surface area contributed by atoms with Crippen LogP contribution in [0.2, 0.25) is 0 Å². The first kappa shape index (κ1) is 43.3. The third kappa shape index (κ3) is 16.7. The highest BCUT2D eigenvalue weighted by atomic mass is 32.1. The second-order valence-electron chi connectivity index (χ2n) is 8.61. The van der Waals surface area contributed by atoms with Crippen molar-refractivity contribution in [1.82, 2.24) is 0 Å². The number of aryl methyl sites for hydroxylation is 6. The Hall–Kier alpha value is -2.79. The van der Waals surface area contributed by atoms with Gasteiger partial charge in [-0.1, -0.05) is 86.2 Å². The zero-order chi connectivity index (χ0) is 29.1. The average molecular weight is 563 g/mol. The summed E-state index contributed by atoms with van der Waals surface area (Å²) in [6.45, 7) is 21.8. The lowest BCUT2D eigenvalue weighted by Crippen LogP contribution is -2.11. The molecule has 2 aromatic carbocycles. The Morgan fingerprint density at radius 2 is 1.23 bits per heavy atom. The molecule has 0 radical (unpaired) electrons. The molecule has 224 valence electrons. The Morgan fingerprint density at radius 1 is 0.846 bits per heavy atom. The van der Waals surface area contributed by atoms with Crippen LogP contribution in [0.25, 0.3) is 0 Å². The Kier molecular flexibility index (Phi) is 26.9. The lowest BCUT2D eigenvalue weighted by molar-refractivity contribution is -0.142. The first-order valence-corrected chi connectivity index (χ1v) is 14.0. The quantitative estimate of drug-likeness (QED) is 0.312. The standard InChI is InChI=1S/C12H16O3.C10H14O.C5H6S.C3H8.C2H6.2CH4/c1-7-5-10(6-8(2)11(7)13)9(3)12(14)15-4;1-4-9-5-7(2)10(11)8(3)6-9;1-5-3-2-4-6-5;1-3-2;1-2;;/h5-6,9,13H,1-4H3;5-6,11H,4H2,1-3H3;2-4H,1H3;3H2,1-2H3;1-2H3;2*1H4. The summed E-state index contributed by atoms with van der Waals surface area (Å²) in [6, 6.07) is 11.8. The molecule has 0 bridgehead atoms. The number of benzene rings is 2. The summed E-state index contributed by atoms with van der Waals surface area (Å²) in [5, 5.41) is 21.1. The minimum absolute atomic E-state index is 0. The molecule has 0 aliphatic heterocycles. The van der Waals surface area contributed by atoms with E-state index in [-0.39, 0.29) is 32.5 Å². The molecule has 0 fully saturated rings. The van der Waals surface area contributed by atoms with Gasteiger partial charge in [0, 0.05) is 4.88 Å². The van der Waals surface area contributed by atoms with Crippen LogP contribution >= 0.6 is 11.3 Å². The van der Waals surface area contributed by atoms with E-state index < -0.39 is 0 Å². The second-order valence-corrected chi connectivity index (χ2v) is 9.76. The predicted molar refractivity (Wildman–Crippen MR) is 175 cm³/mol. The van der Waals surface area contributed by atoms with Crippen LogP contribution in [0.4, 0.5) is 0 Å². The summed E-state index contributed by atoms with van der Waals surface area (Å²) in [7, 11) is 1.37. The van der Waals surface area contributed by atoms with Crippen LogP contribution in [0, 0.1) is 34.6 Å². The van der Waals surface area contributed by atoms with E-state index in [4.69, 9.17) is 0 Å². The van der Waals surface area contributed by atoms with Crippen molar-refractivity contribution >= 4 is 17.3 Å². The minimum Gasteiger partial charge on any atom is -0.507 e. The minimum atomic E-state index is -0.298. The number of esters is 1. The molecule has 0 spiro atoms. The van der Waals surface area contributed by atoms with Gasteiger partial charge in [-0.25, -0.2) is 0 Å². The molecule has 1 aromatic heterocycles. The zero-order valence-corrected chi connectivity index (χ0v) is 26.0. The fourth-order valence-electron chi connectivity index (χ4n) is 3.16. The largest absolute Gasteiger partial charge is 0.507 e. The number of hydrogen-bond acceptors (Lipinski definition) is 5. The monoisotopic (exact) mass is 562 g/mol. The van der Waals surface area contributed by atoms with E-state index in [0.29, 0.717) is 5.75 Å². The molecule has 5 heteroatoms.